The number of rotatable bonds is 6. The second-order valence-corrected chi connectivity index (χ2v) is 5.82. The highest BCUT2D eigenvalue weighted by molar-refractivity contribution is 6.20. The zero-order chi connectivity index (χ0) is 14.7. The molecule has 1 aromatic heterocycles. The number of hydrogen-bond donors (Lipinski definition) is 0. The standard InChI is InChI=1S/C16H23ClN2O/c1-5-7-12(6-2)19-15-9-8-13(20-4)10-14(15)18-16(19)11(3)17/h8-12H,5-7H2,1-4H3. The van der Waals surface area contributed by atoms with Crippen LogP contribution in [0.1, 0.15) is 57.3 Å². The molecule has 0 aliphatic rings. The molecule has 2 aromatic rings. The van der Waals surface area contributed by atoms with Gasteiger partial charge in [-0.1, -0.05) is 20.3 Å². The lowest BCUT2D eigenvalue weighted by atomic mass is 10.1. The monoisotopic (exact) mass is 294 g/mol. The van der Waals surface area contributed by atoms with Crippen molar-refractivity contribution >= 4 is 22.6 Å². The maximum Gasteiger partial charge on any atom is 0.127 e. The van der Waals surface area contributed by atoms with Crippen LogP contribution in [0.5, 0.6) is 5.75 Å². The van der Waals surface area contributed by atoms with E-state index in [2.05, 4.69) is 24.5 Å². The fraction of sp³-hybridized carbons (Fsp3) is 0.562. The number of halogens is 1. The highest BCUT2D eigenvalue weighted by Crippen LogP contribution is 2.32. The van der Waals surface area contributed by atoms with E-state index in [4.69, 9.17) is 21.3 Å². The summed E-state index contributed by atoms with van der Waals surface area (Å²) >= 11 is 6.34. The van der Waals surface area contributed by atoms with Crippen LogP contribution >= 0.6 is 11.6 Å². The maximum absolute atomic E-state index is 6.34. The molecule has 0 aliphatic heterocycles. The Balaban J connectivity index is 2.62. The van der Waals surface area contributed by atoms with Crippen LogP contribution in [0.2, 0.25) is 0 Å². The number of benzene rings is 1. The zero-order valence-corrected chi connectivity index (χ0v) is 13.4. The van der Waals surface area contributed by atoms with Gasteiger partial charge in [-0.25, -0.2) is 4.98 Å². The molecule has 0 spiro atoms. The Kier molecular flexibility index (Phi) is 4.92. The van der Waals surface area contributed by atoms with Crippen LogP contribution in [-0.4, -0.2) is 16.7 Å². The van der Waals surface area contributed by atoms with Crippen molar-refractivity contribution in [2.45, 2.75) is 51.5 Å². The molecule has 0 saturated carbocycles. The summed E-state index contributed by atoms with van der Waals surface area (Å²) in [6.45, 7) is 6.42. The van der Waals surface area contributed by atoms with Crippen LogP contribution in [0, 0.1) is 0 Å². The molecule has 0 radical (unpaired) electrons. The fourth-order valence-electron chi connectivity index (χ4n) is 2.74. The molecule has 3 nitrogen and oxygen atoms in total. The average Bonchev–Trinajstić information content (AvgIpc) is 2.83. The van der Waals surface area contributed by atoms with Crippen molar-refractivity contribution in [1.82, 2.24) is 9.55 Å². The Morgan fingerprint density at radius 3 is 2.65 bits per heavy atom. The third-order valence-corrected chi connectivity index (χ3v) is 3.93. The predicted molar refractivity (Wildman–Crippen MR) is 84.8 cm³/mol. The third-order valence-electron chi connectivity index (χ3n) is 3.74. The highest BCUT2D eigenvalue weighted by atomic mass is 35.5. The summed E-state index contributed by atoms with van der Waals surface area (Å²) in [5.41, 5.74) is 2.11. The van der Waals surface area contributed by atoms with Gasteiger partial charge in [-0.2, -0.15) is 0 Å². The SMILES string of the molecule is CCCC(CC)n1c(C(C)Cl)nc2cc(OC)ccc21. The zero-order valence-electron chi connectivity index (χ0n) is 12.7. The summed E-state index contributed by atoms with van der Waals surface area (Å²) in [5.74, 6) is 1.79. The molecule has 0 N–H and O–H groups in total. The lowest BCUT2D eigenvalue weighted by molar-refractivity contribution is 0.415. The van der Waals surface area contributed by atoms with Gasteiger partial charge in [0.2, 0.25) is 0 Å². The summed E-state index contributed by atoms with van der Waals surface area (Å²) in [6.07, 6.45) is 3.39. The molecule has 0 aliphatic carbocycles. The molecular formula is C16H23ClN2O. The largest absolute Gasteiger partial charge is 0.497 e. The van der Waals surface area contributed by atoms with Gasteiger partial charge in [0.25, 0.3) is 0 Å². The van der Waals surface area contributed by atoms with Crippen LogP contribution in [0.3, 0.4) is 0 Å². The average molecular weight is 295 g/mol. The van der Waals surface area contributed by atoms with E-state index in [1.54, 1.807) is 7.11 Å². The lowest BCUT2D eigenvalue weighted by Gasteiger charge is -2.20. The van der Waals surface area contributed by atoms with Crippen LogP contribution in [0.15, 0.2) is 18.2 Å². The topological polar surface area (TPSA) is 27.1 Å². The molecule has 0 amide bonds. The van der Waals surface area contributed by atoms with E-state index in [-0.39, 0.29) is 5.38 Å². The number of alkyl halides is 1. The van der Waals surface area contributed by atoms with Gasteiger partial charge in [-0.15, -0.1) is 11.6 Å². The molecule has 1 heterocycles. The Bertz CT molecular complexity index is 577. The Hall–Kier alpha value is -1.22. The second-order valence-electron chi connectivity index (χ2n) is 5.16. The fourth-order valence-corrected chi connectivity index (χ4v) is 2.89. The quantitative estimate of drug-likeness (QED) is 0.693. The van der Waals surface area contributed by atoms with Gasteiger partial charge in [0, 0.05) is 12.1 Å². The van der Waals surface area contributed by atoms with Gasteiger partial charge in [-0.3, -0.25) is 0 Å². The number of methoxy groups -OCH3 is 1. The van der Waals surface area contributed by atoms with Crippen molar-refractivity contribution in [3.63, 3.8) is 0 Å². The molecule has 0 fully saturated rings. The Morgan fingerprint density at radius 1 is 1.35 bits per heavy atom. The molecular weight excluding hydrogens is 272 g/mol. The molecule has 0 bridgehead atoms. The molecule has 2 atom stereocenters. The van der Waals surface area contributed by atoms with Gasteiger partial charge in [0.15, 0.2) is 0 Å². The number of hydrogen-bond acceptors (Lipinski definition) is 2. The van der Waals surface area contributed by atoms with Crippen LogP contribution in [-0.2, 0) is 0 Å². The van der Waals surface area contributed by atoms with Gasteiger partial charge >= 0.3 is 0 Å². The van der Waals surface area contributed by atoms with E-state index in [9.17, 15) is 0 Å². The van der Waals surface area contributed by atoms with Crippen LogP contribution in [0.25, 0.3) is 11.0 Å². The maximum atomic E-state index is 6.34. The number of aromatic nitrogens is 2. The summed E-state index contributed by atoms with van der Waals surface area (Å²) in [4.78, 5) is 4.72. The normalized spacial score (nSPS) is 14.4. The molecule has 20 heavy (non-hydrogen) atoms. The lowest BCUT2D eigenvalue weighted by Crippen LogP contribution is -2.12. The molecule has 1 aromatic carbocycles. The van der Waals surface area contributed by atoms with Crippen molar-refractivity contribution in [3.05, 3.63) is 24.0 Å². The molecule has 110 valence electrons. The molecule has 2 rings (SSSR count). The van der Waals surface area contributed by atoms with Gasteiger partial charge in [0.05, 0.1) is 23.5 Å². The Labute approximate surface area is 125 Å². The highest BCUT2D eigenvalue weighted by Gasteiger charge is 2.20. The van der Waals surface area contributed by atoms with Crippen molar-refractivity contribution < 1.29 is 4.74 Å². The third kappa shape index (κ3) is 2.78. The van der Waals surface area contributed by atoms with E-state index in [1.165, 1.54) is 0 Å². The Morgan fingerprint density at radius 2 is 2.10 bits per heavy atom. The number of nitrogens with zero attached hydrogens (tertiary/aromatic N) is 2. The van der Waals surface area contributed by atoms with E-state index < -0.39 is 0 Å². The minimum absolute atomic E-state index is 0.0979. The first-order valence-electron chi connectivity index (χ1n) is 7.32. The summed E-state index contributed by atoms with van der Waals surface area (Å²) in [5, 5.41) is -0.0979. The minimum atomic E-state index is -0.0979. The molecule has 2 unspecified atom stereocenters. The summed E-state index contributed by atoms with van der Waals surface area (Å²) in [7, 11) is 1.68. The number of fused-ring (bicyclic) bond motifs is 1. The van der Waals surface area contributed by atoms with Gasteiger partial charge in [0.1, 0.15) is 11.6 Å². The van der Waals surface area contributed by atoms with Crippen molar-refractivity contribution in [2.75, 3.05) is 7.11 Å². The molecule has 4 heteroatoms. The van der Waals surface area contributed by atoms with Crippen molar-refractivity contribution in [3.8, 4) is 5.75 Å². The predicted octanol–water partition coefficient (Wildman–Crippen LogP) is 5.10. The summed E-state index contributed by atoms with van der Waals surface area (Å²) < 4.78 is 7.60. The first-order valence-corrected chi connectivity index (χ1v) is 7.75. The summed E-state index contributed by atoms with van der Waals surface area (Å²) in [6, 6.07) is 6.51. The van der Waals surface area contributed by atoms with Gasteiger partial charge in [-0.05, 0) is 31.9 Å². The number of ether oxygens (including phenoxy) is 1. The van der Waals surface area contributed by atoms with E-state index in [0.717, 1.165) is 41.9 Å². The van der Waals surface area contributed by atoms with Crippen molar-refractivity contribution in [2.24, 2.45) is 0 Å². The van der Waals surface area contributed by atoms with Crippen LogP contribution < -0.4 is 4.74 Å². The smallest absolute Gasteiger partial charge is 0.127 e. The molecule has 0 saturated heterocycles. The van der Waals surface area contributed by atoms with E-state index in [1.807, 2.05) is 19.1 Å². The second kappa shape index (κ2) is 6.49. The first-order chi connectivity index (χ1) is 9.62. The first kappa shape index (κ1) is 15.2. The van der Waals surface area contributed by atoms with E-state index in [0.29, 0.717) is 6.04 Å². The van der Waals surface area contributed by atoms with Crippen molar-refractivity contribution in [1.29, 1.82) is 0 Å². The minimum Gasteiger partial charge on any atom is -0.497 e. The van der Waals surface area contributed by atoms with E-state index >= 15 is 0 Å². The van der Waals surface area contributed by atoms with Gasteiger partial charge < -0.3 is 9.30 Å². The van der Waals surface area contributed by atoms with Crippen LogP contribution in [0.4, 0.5) is 0 Å². The number of imidazole rings is 1.